The maximum absolute atomic E-state index is 13.5. The van der Waals surface area contributed by atoms with Crippen LogP contribution >= 0.6 is 0 Å². The molecule has 0 saturated carbocycles. The molecule has 4 aromatic rings. The molecule has 1 atom stereocenters. The van der Waals surface area contributed by atoms with Crippen LogP contribution in [0, 0.1) is 0 Å². The van der Waals surface area contributed by atoms with Gasteiger partial charge in [0.25, 0.3) is 5.91 Å². The lowest BCUT2D eigenvalue weighted by molar-refractivity contribution is 0.0714. The highest BCUT2D eigenvalue weighted by Crippen LogP contribution is 2.39. The van der Waals surface area contributed by atoms with Crippen molar-refractivity contribution in [1.82, 2.24) is 9.88 Å². The minimum absolute atomic E-state index is 0.0833. The average Bonchev–Trinajstić information content (AvgIpc) is 3.10. The molecule has 0 saturated heterocycles. The fourth-order valence-corrected chi connectivity index (χ4v) is 4.09. The molecule has 32 heavy (non-hydrogen) atoms. The predicted molar refractivity (Wildman–Crippen MR) is 121 cm³/mol. The van der Waals surface area contributed by atoms with Crippen molar-refractivity contribution < 1.29 is 13.9 Å². The number of para-hydroxylation sites is 1. The molecule has 0 bridgehead atoms. The fraction of sp³-hybridized carbons (Fsp3) is 0.115. The molecule has 1 amide bonds. The number of fused-ring (bicyclic) bond motifs is 2. The van der Waals surface area contributed by atoms with Crippen LogP contribution in [0.5, 0.6) is 5.75 Å². The lowest BCUT2D eigenvalue weighted by atomic mass is 9.98. The third-order valence-corrected chi connectivity index (χ3v) is 5.49. The van der Waals surface area contributed by atoms with E-state index in [0.29, 0.717) is 28.9 Å². The first-order valence-corrected chi connectivity index (χ1v) is 10.3. The second-order valence-corrected chi connectivity index (χ2v) is 7.54. The number of amides is 1. The van der Waals surface area contributed by atoms with E-state index >= 15 is 0 Å². The second kappa shape index (κ2) is 8.15. The number of aromatic nitrogens is 1. The molecular weight excluding hydrogens is 404 g/mol. The highest BCUT2D eigenvalue weighted by Gasteiger charge is 2.42. The number of carbonyl (C=O) groups excluding carboxylic acids is 1. The maximum Gasteiger partial charge on any atom is 0.291 e. The Labute approximate surface area is 184 Å². The Kier molecular flexibility index (Phi) is 5.03. The Morgan fingerprint density at radius 2 is 1.97 bits per heavy atom. The van der Waals surface area contributed by atoms with Crippen LogP contribution in [-0.2, 0) is 6.54 Å². The van der Waals surface area contributed by atoms with Crippen molar-refractivity contribution in [2.24, 2.45) is 0 Å². The van der Waals surface area contributed by atoms with E-state index in [1.807, 2.05) is 36.4 Å². The molecule has 1 aliphatic rings. The Morgan fingerprint density at radius 3 is 2.78 bits per heavy atom. The molecule has 0 spiro atoms. The summed E-state index contributed by atoms with van der Waals surface area (Å²) in [5.74, 6) is 0.393. The number of benzene rings is 2. The zero-order valence-electron chi connectivity index (χ0n) is 17.2. The van der Waals surface area contributed by atoms with Crippen LogP contribution in [0.1, 0.15) is 33.3 Å². The molecule has 2 aromatic heterocycles. The summed E-state index contributed by atoms with van der Waals surface area (Å²) in [6.45, 7) is 4.32. The van der Waals surface area contributed by atoms with Crippen LogP contribution in [0.25, 0.3) is 11.0 Å². The van der Waals surface area contributed by atoms with Crippen LogP contribution < -0.4 is 10.2 Å². The molecule has 0 radical (unpaired) electrons. The van der Waals surface area contributed by atoms with Crippen molar-refractivity contribution >= 4 is 16.9 Å². The van der Waals surface area contributed by atoms with E-state index in [1.165, 1.54) is 0 Å². The molecular formula is C26H20N2O4. The van der Waals surface area contributed by atoms with Crippen molar-refractivity contribution in [2.75, 3.05) is 6.61 Å². The molecule has 6 heteroatoms. The van der Waals surface area contributed by atoms with Gasteiger partial charge in [0.15, 0.2) is 5.43 Å². The summed E-state index contributed by atoms with van der Waals surface area (Å²) in [7, 11) is 0. The van der Waals surface area contributed by atoms with Crippen molar-refractivity contribution in [2.45, 2.75) is 12.6 Å². The second-order valence-electron chi connectivity index (χ2n) is 7.54. The third-order valence-electron chi connectivity index (χ3n) is 5.49. The van der Waals surface area contributed by atoms with Crippen molar-refractivity contribution in [3.05, 3.63) is 118 Å². The highest BCUT2D eigenvalue weighted by molar-refractivity contribution is 5.99. The van der Waals surface area contributed by atoms with Gasteiger partial charge in [-0.2, -0.15) is 0 Å². The number of ether oxygens (including phenoxy) is 1. The van der Waals surface area contributed by atoms with Crippen molar-refractivity contribution in [3.8, 4) is 5.75 Å². The Morgan fingerprint density at radius 1 is 1.09 bits per heavy atom. The summed E-state index contributed by atoms with van der Waals surface area (Å²) < 4.78 is 11.7. The molecule has 0 fully saturated rings. The van der Waals surface area contributed by atoms with E-state index in [9.17, 15) is 9.59 Å². The number of hydrogen-bond donors (Lipinski definition) is 0. The van der Waals surface area contributed by atoms with Gasteiger partial charge in [0.1, 0.15) is 17.9 Å². The van der Waals surface area contributed by atoms with Gasteiger partial charge >= 0.3 is 0 Å². The lowest BCUT2D eigenvalue weighted by Crippen LogP contribution is -2.29. The summed E-state index contributed by atoms with van der Waals surface area (Å²) in [5.41, 5.74) is 2.17. The van der Waals surface area contributed by atoms with Crippen LogP contribution in [-0.4, -0.2) is 22.4 Å². The van der Waals surface area contributed by atoms with Crippen molar-refractivity contribution in [3.63, 3.8) is 0 Å². The maximum atomic E-state index is 13.5. The van der Waals surface area contributed by atoms with E-state index in [4.69, 9.17) is 9.15 Å². The highest BCUT2D eigenvalue weighted by atomic mass is 16.5. The van der Waals surface area contributed by atoms with Crippen LogP contribution in [0.2, 0.25) is 0 Å². The van der Waals surface area contributed by atoms with Gasteiger partial charge in [-0.05, 0) is 41.5 Å². The van der Waals surface area contributed by atoms with Gasteiger partial charge in [-0.25, -0.2) is 0 Å². The number of hydrogen-bond acceptors (Lipinski definition) is 5. The SMILES string of the molecule is C=CCOc1cccc(C2c3c(oc4ccccc4c3=O)C(=O)N2Cc2cccnc2)c1. The molecule has 6 nitrogen and oxygen atoms in total. The Bertz CT molecular complexity index is 1380. The average molecular weight is 424 g/mol. The van der Waals surface area contributed by atoms with Gasteiger partial charge in [0.05, 0.1) is 17.0 Å². The first-order chi connectivity index (χ1) is 15.7. The number of pyridine rings is 1. The van der Waals surface area contributed by atoms with Crippen molar-refractivity contribution in [1.29, 1.82) is 0 Å². The van der Waals surface area contributed by atoms with Gasteiger partial charge in [0, 0.05) is 18.9 Å². The number of nitrogens with zero attached hydrogens (tertiary/aromatic N) is 2. The van der Waals surface area contributed by atoms with E-state index in [0.717, 1.165) is 11.1 Å². The van der Waals surface area contributed by atoms with Gasteiger partial charge in [-0.3, -0.25) is 14.6 Å². The van der Waals surface area contributed by atoms with Gasteiger partial charge in [-0.1, -0.05) is 43.0 Å². The molecule has 158 valence electrons. The zero-order chi connectivity index (χ0) is 22.1. The van der Waals surface area contributed by atoms with E-state index in [-0.39, 0.29) is 23.6 Å². The minimum Gasteiger partial charge on any atom is -0.490 e. The molecule has 1 unspecified atom stereocenters. The van der Waals surface area contributed by atoms with E-state index in [2.05, 4.69) is 11.6 Å². The van der Waals surface area contributed by atoms with E-state index in [1.54, 1.807) is 47.6 Å². The summed E-state index contributed by atoms with van der Waals surface area (Å²) in [4.78, 5) is 32.8. The van der Waals surface area contributed by atoms with Gasteiger partial charge < -0.3 is 14.1 Å². The molecule has 5 rings (SSSR count). The minimum atomic E-state index is -0.606. The van der Waals surface area contributed by atoms with Crippen LogP contribution in [0.3, 0.4) is 0 Å². The van der Waals surface area contributed by atoms with Gasteiger partial charge in [-0.15, -0.1) is 0 Å². The first kappa shape index (κ1) is 19.8. The molecule has 0 aliphatic carbocycles. The molecule has 3 heterocycles. The molecule has 0 N–H and O–H groups in total. The first-order valence-electron chi connectivity index (χ1n) is 10.3. The lowest BCUT2D eigenvalue weighted by Gasteiger charge is -2.25. The predicted octanol–water partition coefficient (Wildman–Crippen LogP) is 4.50. The Hall–Kier alpha value is -4.19. The summed E-state index contributed by atoms with van der Waals surface area (Å²) in [5, 5.41) is 0.450. The normalized spacial score (nSPS) is 15.1. The van der Waals surface area contributed by atoms with E-state index < -0.39 is 6.04 Å². The zero-order valence-corrected chi connectivity index (χ0v) is 17.2. The summed E-state index contributed by atoms with van der Waals surface area (Å²) >= 11 is 0. The number of carbonyl (C=O) groups is 1. The molecule has 2 aromatic carbocycles. The summed E-state index contributed by atoms with van der Waals surface area (Å²) in [6.07, 6.45) is 5.05. The monoisotopic (exact) mass is 424 g/mol. The van der Waals surface area contributed by atoms with Crippen LogP contribution in [0.15, 0.2) is 94.9 Å². The smallest absolute Gasteiger partial charge is 0.291 e. The topological polar surface area (TPSA) is 72.6 Å². The van der Waals surface area contributed by atoms with Crippen LogP contribution in [0.4, 0.5) is 0 Å². The quantitative estimate of drug-likeness (QED) is 0.426. The molecule has 1 aliphatic heterocycles. The third kappa shape index (κ3) is 3.36. The van der Waals surface area contributed by atoms with Gasteiger partial charge in [0.2, 0.25) is 5.76 Å². The standard InChI is InChI=1S/C26H20N2O4/c1-2-13-31-19-9-5-8-18(14-19)23-22-24(29)20-10-3-4-11-21(20)32-25(22)26(30)28(23)16-17-7-6-12-27-15-17/h2-12,14-15,23H,1,13,16H2. The largest absolute Gasteiger partial charge is 0.490 e. The Balaban J connectivity index is 1.69. The summed E-state index contributed by atoms with van der Waals surface area (Å²) in [6, 6.07) is 17.5. The number of rotatable bonds is 6. The fourth-order valence-electron chi connectivity index (χ4n) is 4.09.